The zero-order valence-corrected chi connectivity index (χ0v) is 17.3. The highest BCUT2D eigenvalue weighted by Crippen LogP contribution is 2.45. The quantitative estimate of drug-likeness (QED) is 0.270. The van der Waals surface area contributed by atoms with Crippen LogP contribution in [0.4, 0.5) is 0 Å². The van der Waals surface area contributed by atoms with Crippen LogP contribution < -0.4 is 0 Å². The summed E-state index contributed by atoms with van der Waals surface area (Å²) in [5.74, 6) is 0. The Hall–Kier alpha value is -3.90. The molecule has 0 aliphatic rings. The summed E-state index contributed by atoms with van der Waals surface area (Å²) in [5, 5.41) is 0. The summed E-state index contributed by atoms with van der Waals surface area (Å²) in [6.07, 6.45) is 0. The first-order chi connectivity index (χ1) is 15.4. The van der Waals surface area contributed by atoms with Gasteiger partial charge in [-0.05, 0) is 39.4 Å². The molecule has 5 aromatic carbocycles. The third kappa shape index (κ3) is 3.47. The number of hydrogen-bond acceptors (Lipinski definition) is 0. The molecular formula is C31H23. The van der Waals surface area contributed by atoms with Crippen molar-refractivity contribution < 1.29 is 0 Å². The van der Waals surface area contributed by atoms with Gasteiger partial charge in [-0.2, -0.15) is 0 Å². The van der Waals surface area contributed by atoms with Gasteiger partial charge >= 0.3 is 0 Å². The number of hydrogen-bond donors (Lipinski definition) is 0. The Balaban J connectivity index is 1.78. The fraction of sp³-hybridized carbons (Fsp3) is 0.0323. The summed E-state index contributed by atoms with van der Waals surface area (Å²) in [6, 6.07) is 52.7. The van der Waals surface area contributed by atoms with Gasteiger partial charge in [0.25, 0.3) is 0 Å². The lowest BCUT2D eigenvalue weighted by atomic mass is 9.65. The van der Waals surface area contributed by atoms with Crippen LogP contribution in [0, 0.1) is 6.07 Å². The lowest BCUT2D eigenvalue weighted by molar-refractivity contribution is 0.745. The Kier molecular flexibility index (Phi) is 5.21. The minimum absolute atomic E-state index is 0.396. The fourth-order valence-electron chi connectivity index (χ4n) is 4.56. The average molecular weight is 396 g/mol. The van der Waals surface area contributed by atoms with E-state index >= 15 is 0 Å². The summed E-state index contributed by atoms with van der Waals surface area (Å²) < 4.78 is 0. The molecule has 0 atom stereocenters. The number of rotatable bonds is 5. The molecule has 31 heavy (non-hydrogen) atoms. The molecule has 0 unspecified atom stereocenters. The summed E-state index contributed by atoms with van der Waals surface area (Å²) in [6.45, 7) is 0. The standard InChI is InChI=1S/C31H23/c1-5-13-25(14-6-1)26-21-23-30(24-22-26)31(27-15-7-2-8-16-27,28-17-9-3-10-18-28)29-19-11-4-12-20-29/h2-24H. The van der Waals surface area contributed by atoms with Crippen molar-refractivity contribution in [3.05, 3.63) is 168 Å². The van der Waals surface area contributed by atoms with Crippen molar-refractivity contribution in [2.45, 2.75) is 5.41 Å². The van der Waals surface area contributed by atoms with Crippen molar-refractivity contribution in [1.82, 2.24) is 0 Å². The Morgan fingerprint density at radius 3 is 1.13 bits per heavy atom. The van der Waals surface area contributed by atoms with E-state index in [4.69, 9.17) is 0 Å². The first-order valence-electron chi connectivity index (χ1n) is 10.6. The third-order valence-corrected chi connectivity index (χ3v) is 5.99. The molecule has 0 heterocycles. The smallest absolute Gasteiger partial charge is 0.0622 e. The molecule has 0 aliphatic carbocycles. The topological polar surface area (TPSA) is 0 Å². The van der Waals surface area contributed by atoms with E-state index in [0.717, 1.165) is 0 Å². The van der Waals surface area contributed by atoms with Gasteiger partial charge in [0, 0.05) is 0 Å². The van der Waals surface area contributed by atoms with Gasteiger partial charge in [0.15, 0.2) is 0 Å². The molecule has 0 aliphatic heterocycles. The molecule has 147 valence electrons. The Bertz CT molecular complexity index is 1130. The summed E-state index contributed by atoms with van der Waals surface area (Å²) in [4.78, 5) is 0. The average Bonchev–Trinajstić information content (AvgIpc) is 2.88. The normalized spacial score (nSPS) is 11.2. The number of benzene rings is 5. The second-order valence-corrected chi connectivity index (χ2v) is 7.71. The van der Waals surface area contributed by atoms with Gasteiger partial charge in [0.05, 0.1) is 5.41 Å². The first kappa shape index (κ1) is 19.1. The second-order valence-electron chi connectivity index (χ2n) is 7.71. The van der Waals surface area contributed by atoms with Gasteiger partial charge in [0.1, 0.15) is 0 Å². The van der Waals surface area contributed by atoms with E-state index in [0.29, 0.717) is 0 Å². The van der Waals surface area contributed by atoms with E-state index in [1.807, 2.05) is 12.1 Å². The minimum Gasteiger partial charge on any atom is -0.0622 e. The third-order valence-electron chi connectivity index (χ3n) is 5.99. The van der Waals surface area contributed by atoms with Gasteiger partial charge in [-0.25, -0.2) is 0 Å². The highest BCUT2D eigenvalue weighted by atomic mass is 14.4. The minimum atomic E-state index is -0.396. The molecule has 5 rings (SSSR count). The molecule has 0 saturated carbocycles. The van der Waals surface area contributed by atoms with Crippen LogP contribution in [0.15, 0.2) is 140 Å². The first-order valence-corrected chi connectivity index (χ1v) is 10.6. The molecule has 0 aromatic heterocycles. The van der Waals surface area contributed by atoms with Crippen LogP contribution in [0.3, 0.4) is 0 Å². The zero-order valence-electron chi connectivity index (χ0n) is 17.3. The van der Waals surface area contributed by atoms with Crippen molar-refractivity contribution in [2.24, 2.45) is 0 Å². The van der Waals surface area contributed by atoms with E-state index in [1.54, 1.807) is 0 Å². The van der Waals surface area contributed by atoms with Crippen LogP contribution in [-0.2, 0) is 5.41 Å². The summed E-state index contributed by atoms with van der Waals surface area (Å²) >= 11 is 0. The molecule has 0 spiro atoms. The SMILES string of the molecule is [c]1ccc(-c2ccc(C(c3ccccc3)(c3ccccc3)c3ccccc3)cc2)cc1. The molecule has 0 nitrogen and oxygen atoms in total. The molecule has 0 N–H and O–H groups in total. The van der Waals surface area contributed by atoms with Crippen LogP contribution in [0.25, 0.3) is 11.1 Å². The molecule has 0 fully saturated rings. The Labute approximate surface area is 184 Å². The molecule has 0 heteroatoms. The largest absolute Gasteiger partial charge is 0.0701 e. The van der Waals surface area contributed by atoms with E-state index in [1.165, 1.54) is 33.4 Å². The molecule has 5 aromatic rings. The Morgan fingerprint density at radius 1 is 0.355 bits per heavy atom. The fourth-order valence-corrected chi connectivity index (χ4v) is 4.56. The maximum Gasteiger partial charge on any atom is 0.0701 e. The predicted molar refractivity (Wildman–Crippen MR) is 129 cm³/mol. The van der Waals surface area contributed by atoms with Crippen molar-refractivity contribution >= 4 is 0 Å². The van der Waals surface area contributed by atoms with Gasteiger partial charge in [-0.1, -0.05) is 140 Å². The lowest BCUT2D eigenvalue weighted by Crippen LogP contribution is -2.30. The van der Waals surface area contributed by atoms with Crippen LogP contribution in [0.5, 0.6) is 0 Å². The second kappa shape index (κ2) is 8.45. The summed E-state index contributed by atoms with van der Waals surface area (Å²) in [5.41, 5.74) is 7.05. The van der Waals surface area contributed by atoms with Crippen LogP contribution in [-0.4, -0.2) is 0 Å². The van der Waals surface area contributed by atoms with Gasteiger partial charge in [0.2, 0.25) is 0 Å². The predicted octanol–water partition coefficient (Wildman–Crippen LogP) is 7.54. The molecule has 1 radical (unpaired) electrons. The maximum atomic E-state index is 3.10. The van der Waals surface area contributed by atoms with Gasteiger partial charge in [-0.15, -0.1) is 0 Å². The molecule has 0 bridgehead atoms. The van der Waals surface area contributed by atoms with Crippen LogP contribution in [0.1, 0.15) is 22.3 Å². The van der Waals surface area contributed by atoms with E-state index in [9.17, 15) is 0 Å². The zero-order chi connectivity index (χ0) is 20.9. The van der Waals surface area contributed by atoms with E-state index in [-0.39, 0.29) is 0 Å². The van der Waals surface area contributed by atoms with E-state index < -0.39 is 5.41 Å². The molecular weight excluding hydrogens is 372 g/mol. The Morgan fingerprint density at radius 2 is 0.710 bits per heavy atom. The van der Waals surface area contributed by atoms with Crippen molar-refractivity contribution in [3.8, 4) is 11.1 Å². The molecule has 0 saturated heterocycles. The highest BCUT2D eigenvalue weighted by Gasteiger charge is 2.37. The molecule has 0 amide bonds. The van der Waals surface area contributed by atoms with Crippen molar-refractivity contribution in [3.63, 3.8) is 0 Å². The maximum absolute atomic E-state index is 3.10. The van der Waals surface area contributed by atoms with Crippen molar-refractivity contribution in [1.29, 1.82) is 0 Å². The highest BCUT2D eigenvalue weighted by molar-refractivity contribution is 5.66. The van der Waals surface area contributed by atoms with E-state index in [2.05, 4.69) is 133 Å². The van der Waals surface area contributed by atoms with Crippen LogP contribution >= 0.6 is 0 Å². The summed E-state index contributed by atoms with van der Waals surface area (Å²) in [7, 11) is 0. The lowest BCUT2D eigenvalue weighted by Gasteiger charge is -2.37. The monoisotopic (exact) mass is 395 g/mol. The van der Waals surface area contributed by atoms with Gasteiger partial charge in [-0.3, -0.25) is 0 Å². The van der Waals surface area contributed by atoms with Crippen molar-refractivity contribution in [2.75, 3.05) is 0 Å². The van der Waals surface area contributed by atoms with Gasteiger partial charge < -0.3 is 0 Å². The van der Waals surface area contributed by atoms with Crippen LogP contribution in [0.2, 0.25) is 0 Å².